The van der Waals surface area contributed by atoms with Gasteiger partial charge in [0.1, 0.15) is 17.1 Å². The lowest BCUT2D eigenvalue weighted by Crippen LogP contribution is -2.20. The number of methoxy groups -OCH3 is 1. The number of rotatable bonds is 2. The molecule has 2 N–H and O–H groups in total. The van der Waals surface area contributed by atoms with Crippen LogP contribution in [-0.2, 0) is 4.74 Å². The number of nitrogens with two attached hydrogens (primary N) is 1. The Morgan fingerprint density at radius 3 is 2.41 bits per heavy atom. The fourth-order valence-corrected chi connectivity index (χ4v) is 1.11. The number of carbonyl (C=O) groups is 1. The molecule has 0 bridgehead atoms. The molecule has 94 valence electrons. The lowest BCUT2D eigenvalue weighted by atomic mass is 10.1. The van der Waals surface area contributed by atoms with E-state index in [0.717, 1.165) is 7.11 Å². The molecule has 0 aliphatic rings. The second-order valence-corrected chi connectivity index (χ2v) is 2.92. The third-order valence-electron chi connectivity index (χ3n) is 1.69. The lowest BCUT2D eigenvalue weighted by Gasteiger charge is -2.13. The summed E-state index contributed by atoms with van der Waals surface area (Å²) in [5.74, 6) is -3.58. The van der Waals surface area contributed by atoms with Gasteiger partial charge in [-0.15, -0.1) is 13.2 Å². The van der Waals surface area contributed by atoms with Crippen LogP contribution in [0.5, 0.6) is 5.75 Å². The Bertz CT molecular complexity index is 445. The highest BCUT2D eigenvalue weighted by atomic mass is 19.4. The predicted octanol–water partition coefficient (Wildman–Crippen LogP) is 2.09. The quantitative estimate of drug-likeness (QED) is 0.498. The second-order valence-electron chi connectivity index (χ2n) is 2.92. The van der Waals surface area contributed by atoms with Crippen molar-refractivity contribution in [2.45, 2.75) is 6.36 Å². The molecule has 8 heteroatoms. The number of esters is 1. The summed E-state index contributed by atoms with van der Waals surface area (Å²) in [5.41, 5.74) is 3.88. The van der Waals surface area contributed by atoms with E-state index in [9.17, 15) is 22.4 Å². The van der Waals surface area contributed by atoms with Gasteiger partial charge >= 0.3 is 12.3 Å². The van der Waals surface area contributed by atoms with Crippen molar-refractivity contribution in [3.8, 4) is 5.75 Å². The summed E-state index contributed by atoms with van der Waals surface area (Å²) in [4.78, 5) is 11.1. The molecule has 0 amide bonds. The topological polar surface area (TPSA) is 61.5 Å². The van der Waals surface area contributed by atoms with Gasteiger partial charge in [-0.2, -0.15) is 0 Å². The normalized spacial score (nSPS) is 11.1. The summed E-state index contributed by atoms with van der Waals surface area (Å²) in [7, 11) is 0.898. The number of ether oxygens (including phenoxy) is 2. The molecular weight excluding hydrogens is 246 g/mol. The Morgan fingerprint density at radius 1 is 1.35 bits per heavy atom. The molecule has 0 spiro atoms. The van der Waals surface area contributed by atoms with Crippen molar-refractivity contribution in [3.05, 3.63) is 23.5 Å². The van der Waals surface area contributed by atoms with E-state index >= 15 is 0 Å². The van der Waals surface area contributed by atoms with Crippen molar-refractivity contribution in [1.29, 1.82) is 0 Å². The van der Waals surface area contributed by atoms with E-state index in [1.807, 2.05) is 0 Å². The van der Waals surface area contributed by atoms with Crippen LogP contribution in [0.25, 0.3) is 0 Å². The number of hydrogen-bond donors (Lipinski definition) is 1. The molecule has 0 aliphatic heterocycles. The lowest BCUT2D eigenvalue weighted by molar-refractivity contribution is -0.274. The predicted molar refractivity (Wildman–Crippen MR) is 48.8 cm³/mol. The van der Waals surface area contributed by atoms with Crippen molar-refractivity contribution < 1.29 is 31.8 Å². The van der Waals surface area contributed by atoms with Gasteiger partial charge in [-0.3, -0.25) is 0 Å². The van der Waals surface area contributed by atoms with Gasteiger partial charge in [0.05, 0.1) is 7.11 Å². The molecule has 17 heavy (non-hydrogen) atoms. The second kappa shape index (κ2) is 4.48. The first-order chi connectivity index (χ1) is 7.74. The van der Waals surface area contributed by atoms with Crippen molar-refractivity contribution in [2.24, 2.45) is 0 Å². The zero-order valence-electron chi connectivity index (χ0n) is 8.47. The summed E-state index contributed by atoms with van der Waals surface area (Å²) in [6.07, 6.45) is -5.07. The minimum atomic E-state index is -5.07. The molecule has 4 nitrogen and oxygen atoms in total. The van der Waals surface area contributed by atoms with Crippen LogP contribution < -0.4 is 10.5 Å². The number of hydrogen-bond acceptors (Lipinski definition) is 4. The Kier molecular flexibility index (Phi) is 3.45. The van der Waals surface area contributed by atoms with Crippen LogP contribution in [0.3, 0.4) is 0 Å². The van der Waals surface area contributed by atoms with Gasteiger partial charge in [-0.25, -0.2) is 9.18 Å². The largest absolute Gasteiger partial charge is 0.573 e. The van der Waals surface area contributed by atoms with Gasteiger partial charge in [-0.1, -0.05) is 0 Å². The first-order valence-electron chi connectivity index (χ1n) is 4.17. The number of halogens is 4. The summed E-state index contributed by atoms with van der Waals surface area (Å²) in [5, 5.41) is 0. The number of alkyl halides is 3. The fourth-order valence-electron chi connectivity index (χ4n) is 1.11. The summed E-state index contributed by atoms with van der Waals surface area (Å²) < 4.78 is 57.0. The molecule has 0 unspecified atom stereocenters. The minimum Gasteiger partial charge on any atom is -0.465 e. The van der Waals surface area contributed by atoms with Crippen LogP contribution in [0.15, 0.2) is 12.1 Å². The Labute approximate surface area is 92.9 Å². The zero-order chi connectivity index (χ0) is 13.2. The summed E-state index contributed by atoms with van der Waals surface area (Å²) >= 11 is 0. The SMILES string of the molecule is COC(=O)c1c(F)cc(N)cc1OC(F)(F)F. The average molecular weight is 253 g/mol. The molecule has 0 fully saturated rings. The smallest absolute Gasteiger partial charge is 0.465 e. The highest BCUT2D eigenvalue weighted by Crippen LogP contribution is 2.30. The van der Waals surface area contributed by atoms with Crippen molar-refractivity contribution in [3.63, 3.8) is 0 Å². The van der Waals surface area contributed by atoms with Crippen molar-refractivity contribution in [2.75, 3.05) is 12.8 Å². The maximum absolute atomic E-state index is 13.3. The van der Waals surface area contributed by atoms with Gasteiger partial charge in [0.2, 0.25) is 0 Å². The van der Waals surface area contributed by atoms with Gasteiger partial charge in [0, 0.05) is 11.8 Å². The van der Waals surface area contributed by atoms with E-state index in [-0.39, 0.29) is 5.69 Å². The molecule has 0 radical (unpaired) electrons. The van der Waals surface area contributed by atoms with Gasteiger partial charge in [-0.05, 0) is 6.07 Å². The molecule has 0 heterocycles. The fraction of sp³-hybridized carbons (Fsp3) is 0.222. The van der Waals surface area contributed by atoms with Crippen LogP contribution >= 0.6 is 0 Å². The van der Waals surface area contributed by atoms with Crippen LogP contribution in [0.2, 0.25) is 0 Å². The van der Waals surface area contributed by atoms with E-state index in [2.05, 4.69) is 9.47 Å². The highest BCUT2D eigenvalue weighted by Gasteiger charge is 2.34. The van der Waals surface area contributed by atoms with E-state index in [1.165, 1.54) is 0 Å². The van der Waals surface area contributed by atoms with E-state index in [0.29, 0.717) is 12.1 Å². The van der Waals surface area contributed by atoms with Crippen LogP contribution in [0.4, 0.5) is 23.2 Å². The molecule has 0 saturated carbocycles. The number of anilines is 1. The van der Waals surface area contributed by atoms with Crippen molar-refractivity contribution >= 4 is 11.7 Å². The van der Waals surface area contributed by atoms with Gasteiger partial charge in [0.25, 0.3) is 0 Å². The third-order valence-corrected chi connectivity index (χ3v) is 1.69. The molecule has 0 atom stereocenters. The van der Waals surface area contributed by atoms with Gasteiger partial charge < -0.3 is 15.2 Å². The van der Waals surface area contributed by atoms with E-state index in [1.54, 1.807) is 0 Å². The number of nitrogen functional groups attached to an aromatic ring is 1. The van der Waals surface area contributed by atoms with Crippen LogP contribution in [0, 0.1) is 5.82 Å². The maximum atomic E-state index is 13.3. The molecule has 0 saturated heterocycles. The Hall–Kier alpha value is -1.99. The molecule has 0 aromatic heterocycles. The third kappa shape index (κ3) is 3.23. The maximum Gasteiger partial charge on any atom is 0.573 e. The molecule has 1 aromatic rings. The van der Waals surface area contributed by atoms with Crippen molar-refractivity contribution in [1.82, 2.24) is 0 Å². The zero-order valence-corrected chi connectivity index (χ0v) is 8.47. The summed E-state index contributed by atoms with van der Waals surface area (Å²) in [6.45, 7) is 0. The van der Waals surface area contributed by atoms with E-state index < -0.39 is 29.5 Å². The molecule has 0 aliphatic carbocycles. The number of benzene rings is 1. The van der Waals surface area contributed by atoms with Crippen LogP contribution in [-0.4, -0.2) is 19.4 Å². The van der Waals surface area contributed by atoms with Gasteiger partial charge in [0.15, 0.2) is 0 Å². The Morgan fingerprint density at radius 2 is 1.94 bits per heavy atom. The monoisotopic (exact) mass is 253 g/mol. The molecule has 1 aromatic carbocycles. The first-order valence-corrected chi connectivity index (χ1v) is 4.17. The standard InChI is InChI=1S/C9H7F4NO3/c1-16-8(15)7-5(10)2-4(14)3-6(7)17-9(11,12)13/h2-3H,14H2,1H3. The van der Waals surface area contributed by atoms with E-state index in [4.69, 9.17) is 5.73 Å². The van der Waals surface area contributed by atoms with Crippen LogP contribution in [0.1, 0.15) is 10.4 Å². The Balaban J connectivity index is 3.30. The molecular formula is C9H7F4NO3. The molecule has 1 rings (SSSR count). The first kappa shape index (κ1) is 13.1. The highest BCUT2D eigenvalue weighted by molar-refractivity contribution is 5.93. The minimum absolute atomic E-state index is 0.311. The summed E-state index contributed by atoms with van der Waals surface area (Å²) in [6, 6.07) is 1.37. The number of carbonyl (C=O) groups excluding carboxylic acids is 1. The average Bonchev–Trinajstić information content (AvgIpc) is 2.13.